The lowest BCUT2D eigenvalue weighted by molar-refractivity contribution is 0.0958. The molecule has 23 heavy (non-hydrogen) atoms. The van der Waals surface area contributed by atoms with E-state index in [1.165, 1.54) is 0 Å². The minimum Gasteiger partial charge on any atom is -0.390 e. The highest BCUT2D eigenvalue weighted by atomic mass is 16.6. The molecule has 0 atom stereocenters. The fraction of sp³-hybridized carbons (Fsp3) is 0.385. The van der Waals surface area contributed by atoms with Crippen molar-refractivity contribution in [2.45, 2.75) is 25.8 Å². The molecule has 0 saturated carbocycles. The monoisotopic (exact) mass is 319 g/mol. The molecule has 2 amide bonds. The van der Waals surface area contributed by atoms with Gasteiger partial charge in [-0.25, -0.2) is 4.79 Å². The summed E-state index contributed by atoms with van der Waals surface area (Å²) >= 11 is 0. The predicted molar refractivity (Wildman–Crippen MR) is 78.6 cm³/mol. The van der Waals surface area contributed by atoms with Gasteiger partial charge in [0.2, 0.25) is 5.88 Å². The molecule has 0 unspecified atom stereocenters. The van der Waals surface area contributed by atoms with Crippen LogP contribution in [0.4, 0.5) is 4.79 Å². The van der Waals surface area contributed by atoms with Crippen molar-refractivity contribution in [3.8, 4) is 5.88 Å². The van der Waals surface area contributed by atoms with E-state index in [0.717, 1.165) is 25.0 Å². The highest BCUT2D eigenvalue weighted by Crippen LogP contribution is 2.08. The molecule has 0 aromatic carbocycles. The number of ether oxygens (including phenoxy) is 1. The number of unbranched alkanes of at least 4 members (excludes halogenated alkanes) is 1. The zero-order valence-electron chi connectivity index (χ0n) is 12.6. The lowest BCUT2D eigenvalue weighted by Crippen LogP contribution is -2.18. The molecule has 2 aromatic heterocycles. The van der Waals surface area contributed by atoms with Crippen molar-refractivity contribution in [1.82, 2.24) is 30.5 Å². The Morgan fingerprint density at radius 2 is 2.09 bits per heavy atom. The average molecular weight is 319 g/mol. The smallest absolute Gasteiger partial charge is 0.390 e. The van der Waals surface area contributed by atoms with Gasteiger partial charge in [0.25, 0.3) is 5.91 Å². The van der Waals surface area contributed by atoms with Crippen molar-refractivity contribution in [1.29, 1.82) is 0 Å². The van der Waals surface area contributed by atoms with E-state index in [1.54, 1.807) is 30.1 Å². The summed E-state index contributed by atoms with van der Waals surface area (Å²) in [6.45, 7) is 0.653. The van der Waals surface area contributed by atoms with Crippen molar-refractivity contribution in [3.63, 3.8) is 0 Å². The van der Waals surface area contributed by atoms with Gasteiger partial charge < -0.3 is 15.8 Å². The zero-order valence-corrected chi connectivity index (χ0v) is 12.6. The Morgan fingerprint density at radius 1 is 1.26 bits per heavy atom. The van der Waals surface area contributed by atoms with Crippen LogP contribution in [0.3, 0.4) is 0 Å². The molecule has 122 valence electrons. The van der Waals surface area contributed by atoms with E-state index in [1.807, 2.05) is 0 Å². The minimum atomic E-state index is -0.920. The van der Waals surface area contributed by atoms with Gasteiger partial charge >= 0.3 is 6.09 Å². The van der Waals surface area contributed by atoms with Gasteiger partial charge in [-0.2, -0.15) is 5.10 Å². The molecule has 0 radical (unpaired) electrons. The first-order valence-corrected chi connectivity index (χ1v) is 7.00. The molecule has 10 nitrogen and oxygen atoms in total. The molecule has 2 rings (SSSR count). The molecule has 2 aromatic rings. The summed E-state index contributed by atoms with van der Waals surface area (Å²) in [6, 6.07) is 3.27. The second-order valence-electron chi connectivity index (χ2n) is 4.69. The maximum absolute atomic E-state index is 11.4. The number of aromatic nitrogens is 5. The minimum absolute atomic E-state index is 0.0746. The fourth-order valence-corrected chi connectivity index (χ4v) is 1.86. The van der Waals surface area contributed by atoms with Gasteiger partial charge in [-0.05, 0) is 25.3 Å². The number of nitrogens with one attached hydrogen (secondary N) is 1. The van der Waals surface area contributed by atoms with E-state index in [2.05, 4.69) is 30.6 Å². The topological polar surface area (TPSA) is 138 Å². The number of hydrogen-bond acceptors (Lipinski definition) is 7. The molecule has 0 aliphatic heterocycles. The van der Waals surface area contributed by atoms with Gasteiger partial charge in [0, 0.05) is 19.7 Å². The van der Waals surface area contributed by atoms with E-state index < -0.39 is 6.09 Å². The molecule has 10 heteroatoms. The molecule has 0 saturated heterocycles. The number of amides is 2. The molecular weight excluding hydrogens is 302 g/mol. The number of aryl methyl sites for hydroxylation is 2. The van der Waals surface area contributed by atoms with Crippen LogP contribution in [0.5, 0.6) is 5.88 Å². The fourth-order valence-electron chi connectivity index (χ4n) is 1.86. The van der Waals surface area contributed by atoms with Crippen LogP contribution in [0.2, 0.25) is 0 Å². The van der Waals surface area contributed by atoms with Crippen molar-refractivity contribution in [2.75, 3.05) is 7.05 Å². The molecule has 0 aliphatic rings. The van der Waals surface area contributed by atoms with E-state index in [4.69, 9.17) is 5.73 Å². The maximum Gasteiger partial charge on any atom is 0.411 e. The van der Waals surface area contributed by atoms with Crippen molar-refractivity contribution < 1.29 is 14.3 Å². The van der Waals surface area contributed by atoms with Crippen LogP contribution in [0.1, 0.15) is 29.0 Å². The molecular formula is C13H17N7O3. The number of rotatable bonds is 7. The Kier molecular flexibility index (Phi) is 5.56. The standard InChI is InChI=1S/C13H17N7O3/c1-15-12(21)10-8-20(19-17-10)7-3-2-4-9-5-6-11(18-16-9)23-13(14)22/h5-6,8H,2-4,7H2,1H3,(H2,14,22)(H,15,21). The van der Waals surface area contributed by atoms with E-state index in [0.29, 0.717) is 12.2 Å². The summed E-state index contributed by atoms with van der Waals surface area (Å²) in [4.78, 5) is 21.9. The molecule has 2 heterocycles. The van der Waals surface area contributed by atoms with Crippen LogP contribution in [0, 0.1) is 0 Å². The second kappa shape index (κ2) is 7.82. The lowest BCUT2D eigenvalue weighted by Gasteiger charge is -2.02. The van der Waals surface area contributed by atoms with Crippen LogP contribution in [0.25, 0.3) is 0 Å². The third kappa shape index (κ3) is 5.02. The summed E-state index contributed by atoms with van der Waals surface area (Å²) in [5, 5.41) is 17.8. The third-order valence-corrected chi connectivity index (χ3v) is 2.97. The molecule has 0 bridgehead atoms. The van der Waals surface area contributed by atoms with Gasteiger partial charge in [-0.1, -0.05) is 5.21 Å². The van der Waals surface area contributed by atoms with Gasteiger partial charge in [-0.3, -0.25) is 9.48 Å². The largest absolute Gasteiger partial charge is 0.411 e. The van der Waals surface area contributed by atoms with Crippen LogP contribution >= 0.6 is 0 Å². The maximum atomic E-state index is 11.4. The van der Waals surface area contributed by atoms with E-state index in [9.17, 15) is 9.59 Å². The molecule has 3 N–H and O–H groups in total. The van der Waals surface area contributed by atoms with Gasteiger partial charge in [-0.15, -0.1) is 10.2 Å². The number of primary amides is 1. The highest BCUT2D eigenvalue weighted by molar-refractivity contribution is 5.91. The Labute approximate surface area is 132 Å². The average Bonchev–Trinajstić information content (AvgIpc) is 3.01. The third-order valence-electron chi connectivity index (χ3n) is 2.97. The summed E-state index contributed by atoms with van der Waals surface area (Å²) in [5.41, 5.74) is 5.96. The summed E-state index contributed by atoms with van der Waals surface area (Å²) in [5.74, 6) is -0.185. The molecule has 0 aliphatic carbocycles. The predicted octanol–water partition coefficient (Wildman–Crippen LogP) is -0.0919. The first-order valence-electron chi connectivity index (χ1n) is 7.00. The summed E-state index contributed by atoms with van der Waals surface area (Å²) < 4.78 is 6.22. The second-order valence-corrected chi connectivity index (χ2v) is 4.69. The van der Waals surface area contributed by atoms with Gasteiger partial charge in [0.1, 0.15) is 0 Å². The van der Waals surface area contributed by atoms with Gasteiger partial charge in [0.05, 0.1) is 11.9 Å². The van der Waals surface area contributed by atoms with Crippen molar-refractivity contribution >= 4 is 12.0 Å². The molecule has 0 fully saturated rings. The van der Waals surface area contributed by atoms with Crippen LogP contribution < -0.4 is 15.8 Å². The van der Waals surface area contributed by atoms with Crippen molar-refractivity contribution in [2.24, 2.45) is 5.73 Å². The Balaban J connectivity index is 1.73. The van der Waals surface area contributed by atoms with Crippen LogP contribution in [-0.2, 0) is 13.0 Å². The molecule has 0 spiro atoms. The first-order chi connectivity index (χ1) is 11.1. The van der Waals surface area contributed by atoms with Gasteiger partial charge in [0.15, 0.2) is 5.69 Å². The normalized spacial score (nSPS) is 10.3. The Morgan fingerprint density at radius 3 is 2.74 bits per heavy atom. The first kappa shape index (κ1) is 16.3. The van der Waals surface area contributed by atoms with Crippen molar-refractivity contribution in [3.05, 3.63) is 29.7 Å². The Hall–Kier alpha value is -3.04. The lowest BCUT2D eigenvalue weighted by atomic mass is 10.2. The van der Waals surface area contributed by atoms with E-state index in [-0.39, 0.29) is 11.8 Å². The van der Waals surface area contributed by atoms with E-state index >= 15 is 0 Å². The number of hydrogen-bond donors (Lipinski definition) is 2. The summed E-state index contributed by atoms with van der Waals surface area (Å²) in [6.07, 6.45) is 3.11. The van der Waals surface area contributed by atoms with Crippen LogP contribution in [-0.4, -0.2) is 44.2 Å². The number of carbonyl (C=O) groups is 2. The summed E-state index contributed by atoms with van der Waals surface area (Å²) in [7, 11) is 1.54. The quantitative estimate of drug-likeness (QED) is 0.680. The number of nitrogens with zero attached hydrogens (tertiary/aromatic N) is 5. The van der Waals surface area contributed by atoms with Crippen LogP contribution in [0.15, 0.2) is 18.3 Å². The highest BCUT2D eigenvalue weighted by Gasteiger charge is 2.08. The SMILES string of the molecule is CNC(=O)c1cn(CCCCc2ccc(OC(N)=O)nn2)nn1. The Bertz CT molecular complexity index is 668. The zero-order chi connectivity index (χ0) is 16.7. The number of nitrogens with two attached hydrogens (primary N) is 1. The number of carbonyl (C=O) groups excluding carboxylic acids is 2.